The fourth-order valence-corrected chi connectivity index (χ4v) is 3.27. The molecule has 1 aromatic carbocycles. The zero-order chi connectivity index (χ0) is 13.7. The molecule has 0 aliphatic heterocycles. The second-order valence-corrected chi connectivity index (χ2v) is 6.86. The van der Waals surface area contributed by atoms with Crippen molar-refractivity contribution in [2.75, 3.05) is 6.61 Å². The largest absolute Gasteiger partial charge is 0.494 e. The monoisotopic (exact) mass is 339 g/mol. The van der Waals surface area contributed by atoms with Crippen LogP contribution in [0.1, 0.15) is 30.3 Å². The lowest BCUT2D eigenvalue weighted by molar-refractivity contribution is 0.340. The van der Waals surface area contributed by atoms with Crippen LogP contribution in [0.3, 0.4) is 0 Å². The Labute approximate surface area is 126 Å². The van der Waals surface area contributed by atoms with Gasteiger partial charge in [-0.25, -0.2) is 0 Å². The highest BCUT2D eigenvalue weighted by molar-refractivity contribution is 9.11. The van der Waals surface area contributed by atoms with Crippen molar-refractivity contribution in [1.82, 2.24) is 5.32 Å². The Kier molecular flexibility index (Phi) is 5.43. The molecule has 4 heteroatoms. The maximum absolute atomic E-state index is 5.45. The molecule has 0 spiro atoms. The molecular formula is C15H18BrNOS. The van der Waals surface area contributed by atoms with Crippen molar-refractivity contribution in [1.29, 1.82) is 0 Å². The van der Waals surface area contributed by atoms with Gasteiger partial charge in [-0.15, -0.1) is 11.3 Å². The summed E-state index contributed by atoms with van der Waals surface area (Å²) in [5, 5.41) is 3.53. The summed E-state index contributed by atoms with van der Waals surface area (Å²) in [5.41, 5.74) is 1.28. The lowest BCUT2D eigenvalue weighted by Gasteiger charge is -2.14. The Hall–Kier alpha value is -0.840. The van der Waals surface area contributed by atoms with Crippen molar-refractivity contribution in [2.24, 2.45) is 0 Å². The number of hydrogen-bond donors (Lipinski definition) is 1. The minimum absolute atomic E-state index is 0.330. The van der Waals surface area contributed by atoms with Gasteiger partial charge in [0.2, 0.25) is 0 Å². The lowest BCUT2D eigenvalue weighted by atomic mass is 10.1. The number of thiophene rings is 1. The molecule has 1 aromatic heterocycles. The van der Waals surface area contributed by atoms with Crippen LogP contribution in [0.2, 0.25) is 0 Å². The molecule has 102 valence electrons. The summed E-state index contributed by atoms with van der Waals surface area (Å²) in [4.78, 5) is 1.34. The van der Waals surface area contributed by atoms with Gasteiger partial charge < -0.3 is 10.1 Å². The standard InChI is InChI=1S/C15H18BrNOS/c1-3-18-13-6-4-12(5-7-13)11(2)17-10-14-8-9-15(16)19-14/h4-9,11,17H,3,10H2,1-2H3. The van der Waals surface area contributed by atoms with Gasteiger partial charge in [0.25, 0.3) is 0 Å². The molecule has 2 aromatic rings. The van der Waals surface area contributed by atoms with Gasteiger partial charge in [0.15, 0.2) is 0 Å². The van der Waals surface area contributed by atoms with Crippen molar-refractivity contribution in [3.8, 4) is 5.75 Å². The molecule has 1 N–H and O–H groups in total. The normalized spacial score (nSPS) is 12.4. The van der Waals surface area contributed by atoms with Crippen LogP contribution in [0.4, 0.5) is 0 Å². The SMILES string of the molecule is CCOc1ccc(C(C)NCc2ccc(Br)s2)cc1. The molecular weight excluding hydrogens is 322 g/mol. The number of benzene rings is 1. The average Bonchev–Trinajstić information content (AvgIpc) is 2.83. The van der Waals surface area contributed by atoms with Crippen LogP contribution in [0, 0.1) is 0 Å². The van der Waals surface area contributed by atoms with Gasteiger partial charge >= 0.3 is 0 Å². The molecule has 0 amide bonds. The van der Waals surface area contributed by atoms with Crippen LogP contribution >= 0.6 is 27.3 Å². The highest BCUT2D eigenvalue weighted by Crippen LogP contribution is 2.23. The first-order valence-corrected chi connectivity index (χ1v) is 8.00. The van der Waals surface area contributed by atoms with E-state index in [1.807, 2.05) is 19.1 Å². The molecule has 0 aliphatic carbocycles. The zero-order valence-corrected chi connectivity index (χ0v) is 13.6. The van der Waals surface area contributed by atoms with E-state index in [2.05, 4.69) is 52.4 Å². The van der Waals surface area contributed by atoms with Crippen LogP contribution in [0.5, 0.6) is 5.75 Å². The first kappa shape index (κ1) is 14.6. The van der Waals surface area contributed by atoms with Crippen molar-refractivity contribution in [3.05, 3.63) is 50.6 Å². The van der Waals surface area contributed by atoms with Crippen LogP contribution in [-0.4, -0.2) is 6.61 Å². The Balaban J connectivity index is 1.90. The smallest absolute Gasteiger partial charge is 0.119 e. The average molecular weight is 340 g/mol. The fraction of sp³-hybridized carbons (Fsp3) is 0.333. The van der Waals surface area contributed by atoms with E-state index < -0.39 is 0 Å². The van der Waals surface area contributed by atoms with Gasteiger partial charge in [-0.1, -0.05) is 12.1 Å². The number of nitrogens with one attached hydrogen (secondary N) is 1. The third-order valence-electron chi connectivity index (χ3n) is 2.90. The van der Waals surface area contributed by atoms with Gasteiger partial charge in [-0.05, 0) is 59.6 Å². The second-order valence-electron chi connectivity index (χ2n) is 4.31. The van der Waals surface area contributed by atoms with E-state index in [1.165, 1.54) is 14.2 Å². The van der Waals surface area contributed by atoms with Gasteiger partial charge in [0.1, 0.15) is 5.75 Å². The topological polar surface area (TPSA) is 21.3 Å². The van der Waals surface area contributed by atoms with E-state index >= 15 is 0 Å². The summed E-state index contributed by atoms with van der Waals surface area (Å²) in [6, 6.07) is 12.9. The predicted octanol–water partition coefficient (Wildman–Crippen LogP) is 4.76. The summed E-state index contributed by atoms with van der Waals surface area (Å²) >= 11 is 5.25. The van der Waals surface area contributed by atoms with Crippen molar-refractivity contribution in [2.45, 2.75) is 26.4 Å². The first-order valence-electron chi connectivity index (χ1n) is 6.39. The number of ether oxygens (including phenoxy) is 1. The molecule has 19 heavy (non-hydrogen) atoms. The third-order valence-corrected chi connectivity index (χ3v) is 4.53. The number of hydrogen-bond acceptors (Lipinski definition) is 3. The molecule has 0 bridgehead atoms. The molecule has 0 fully saturated rings. The van der Waals surface area contributed by atoms with Gasteiger partial charge in [0.05, 0.1) is 10.4 Å². The highest BCUT2D eigenvalue weighted by Gasteiger charge is 2.06. The molecule has 1 unspecified atom stereocenters. The molecule has 0 saturated carbocycles. The van der Waals surface area contributed by atoms with Crippen LogP contribution in [0.15, 0.2) is 40.2 Å². The Morgan fingerprint density at radius 3 is 2.53 bits per heavy atom. The van der Waals surface area contributed by atoms with Gasteiger partial charge in [-0.3, -0.25) is 0 Å². The predicted molar refractivity (Wildman–Crippen MR) is 84.9 cm³/mol. The molecule has 0 aliphatic rings. The molecule has 0 saturated heterocycles. The molecule has 1 atom stereocenters. The van der Waals surface area contributed by atoms with E-state index in [1.54, 1.807) is 11.3 Å². The second kappa shape index (κ2) is 7.08. The molecule has 2 rings (SSSR count). The Bertz CT molecular complexity index is 509. The van der Waals surface area contributed by atoms with Crippen LogP contribution in [0.25, 0.3) is 0 Å². The zero-order valence-electron chi connectivity index (χ0n) is 11.2. The van der Waals surface area contributed by atoms with Crippen LogP contribution < -0.4 is 10.1 Å². The van der Waals surface area contributed by atoms with Crippen molar-refractivity contribution < 1.29 is 4.74 Å². The van der Waals surface area contributed by atoms with E-state index in [4.69, 9.17) is 4.74 Å². The Morgan fingerprint density at radius 1 is 1.21 bits per heavy atom. The highest BCUT2D eigenvalue weighted by atomic mass is 79.9. The van der Waals surface area contributed by atoms with E-state index in [0.29, 0.717) is 12.6 Å². The van der Waals surface area contributed by atoms with Crippen molar-refractivity contribution >= 4 is 27.3 Å². The van der Waals surface area contributed by atoms with Gasteiger partial charge in [-0.2, -0.15) is 0 Å². The van der Waals surface area contributed by atoms with E-state index in [9.17, 15) is 0 Å². The quantitative estimate of drug-likeness (QED) is 0.819. The summed E-state index contributed by atoms with van der Waals surface area (Å²) in [5.74, 6) is 0.931. The first-order chi connectivity index (χ1) is 9.19. The molecule has 0 radical (unpaired) electrons. The minimum atomic E-state index is 0.330. The molecule has 1 heterocycles. The maximum atomic E-state index is 5.45. The third kappa shape index (κ3) is 4.34. The lowest BCUT2D eigenvalue weighted by Crippen LogP contribution is -2.17. The maximum Gasteiger partial charge on any atom is 0.119 e. The molecule has 2 nitrogen and oxygen atoms in total. The number of rotatable bonds is 6. The van der Waals surface area contributed by atoms with Gasteiger partial charge in [0, 0.05) is 17.5 Å². The summed E-state index contributed by atoms with van der Waals surface area (Å²) in [6.45, 7) is 5.78. The van der Waals surface area contributed by atoms with E-state index in [0.717, 1.165) is 12.3 Å². The fourth-order valence-electron chi connectivity index (χ4n) is 1.84. The Morgan fingerprint density at radius 2 is 1.95 bits per heavy atom. The number of halogens is 1. The van der Waals surface area contributed by atoms with Crippen molar-refractivity contribution in [3.63, 3.8) is 0 Å². The van der Waals surface area contributed by atoms with Crippen LogP contribution in [-0.2, 0) is 6.54 Å². The summed E-state index contributed by atoms with van der Waals surface area (Å²) in [7, 11) is 0. The van der Waals surface area contributed by atoms with E-state index in [-0.39, 0.29) is 0 Å². The minimum Gasteiger partial charge on any atom is -0.494 e. The summed E-state index contributed by atoms with van der Waals surface area (Å²) in [6.07, 6.45) is 0. The summed E-state index contributed by atoms with van der Waals surface area (Å²) < 4.78 is 6.63.